The average molecular weight is 374 g/mol. The molecule has 0 radical (unpaired) electrons. The molecule has 0 saturated heterocycles. The number of nitrogens with zero attached hydrogens (tertiary/aromatic N) is 4. The molecule has 0 amide bonds. The van der Waals surface area contributed by atoms with Crippen LogP contribution < -0.4 is 0 Å². The Morgan fingerprint density at radius 3 is 2.89 bits per heavy atom. The fourth-order valence-corrected chi connectivity index (χ4v) is 3.30. The van der Waals surface area contributed by atoms with Crippen LogP contribution in [0.2, 0.25) is 0 Å². The fourth-order valence-electron chi connectivity index (χ4n) is 3.30. The van der Waals surface area contributed by atoms with E-state index in [0.717, 1.165) is 33.7 Å². The van der Waals surface area contributed by atoms with Gasteiger partial charge in [0.05, 0.1) is 19.9 Å². The van der Waals surface area contributed by atoms with E-state index in [4.69, 9.17) is 4.74 Å². The van der Waals surface area contributed by atoms with Gasteiger partial charge in [0.2, 0.25) is 0 Å². The van der Waals surface area contributed by atoms with Gasteiger partial charge in [-0.15, -0.1) is 5.10 Å². The molecule has 0 spiro atoms. The van der Waals surface area contributed by atoms with E-state index < -0.39 is 0 Å². The molecule has 0 fully saturated rings. The molecule has 1 aromatic heterocycles. The van der Waals surface area contributed by atoms with Gasteiger partial charge >= 0.3 is 0 Å². The maximum atomic E-state index is 5.20. The van der Waals surface area contributed by atoms with Crippen LogP contribution in [-0.2, 0) is 11.3 Å². The molecule has 144 valence electrons. The van der Waals surface area contributed by atoms with Crippen LogP contribution in [0.25, 0.3) is 17.0 Å². The van der Waals surface area contributed by atoms with Gasteiger partial charge in [-0.1, -0.05) is 67.6 Å². The third kappa shape index (κ3) is 4.03. The minimum atomic E-state index is 0.325. The van der Waals surface area contributed by atoms with E-state index in [1.165, 1.54) is 5.56 Å². The van der Waals surface area contributed by atoms with Crippen LogP contribution in [-0.4, -0.2) is 27.3 Å². The summed E-state index contributed by atoms with van der Waals surface area (Å²) in [6.07, 6.45) is 12.1. The highest BCUT2D eigenvalue weighted by molar-refractivity contribution is 5.83. The van der Waals surface area contributed by atoms with Gasteiger partial charge in [-0.2, -0.15) is 0 Å². The first-order valence-corrected chi connectivity index (χ1v) is 9.35. The average Bonchev–Trinajstić information content (AvgIpc) is 3.14. The van der Waals surface area contributed by atoms with Crippen LogP contribution in [0.3, 0.4) is 0 Å². The second-order valence-electron chi connectivity index (χ2n) is 6.88. The Morgan fingerprint density at radius 1 is 1.36 bits per heavy atom. The van der Waals surface area contributed by atoms with Gasteiger partial charge in [0, 0.05) is 11.5 Å². The molecule has 0 saturated carbocycles. The summed E-state index contributed by atoms with van der Waals surface area (Å²) in [6, 6.07) is 6.30. The van der Waals surface area contributed by atoms with Crippen molar-refractivity contribution in [3.8, 4) is 11.4 Å². The molecule has 2 aromatic rings. The number of allylic oxidation sites excluding steroid dienone is 8. The van der Waals surface area contributed by atoms with Crippen molar-refractivity contribution in [1.82, 2.24) is 20.2 Å². The van der Waals surface area contributed by atoms with Crippen LogP contribution in [0.15, 0.2) is 72.6 Å². The van der Waals surface area contributed by atoms with E-state index in [0.29, 0.717) is 12.5 Å². The molecule has 1 atom stereocenters. The van der Waals surface area contributed by atoms with Crippen molar-refractivity contribution in [2.45, 2.75) is 27.3 Å². The summed E-state index contributed by atoms with van der Waals surface area (Å²) in [6.45, 7) is 10.8. The Hall–Kier alpha value is -3.21. The van der Waals surface area contributed by atoms with E-state index in [1.54, 1.807) is 13.4 Å². The first kappa shape index (κ1) is 19.5. The van der Waals surface area contributed by atoms with Gasteiger partial charge in [0.1, 0.15) is 0 Å². The minimum absolute atomic E-state index is 0.325. The zero-order valence-electron chi connectivity index (χ0n) is 16.9. The Balaban J connectivity index is 2.00. The summed E-state index contributed by atoms with van der Waals surface area (Å²) in [5, 5.41) is 12.5. The molecule has 0 unspecified atom stereocenters. The largest absolute Gasteiger partial charge is 0.504 e. The summed E-state index contributed by atoms with van der Waals surface area (Å²) in [4.78, 5) is 0. The lowest BCUT2D eigenvalue weighted by molar-refractivity contribution is 0.332. The fraction of sp³-hybridized carbons (Fsp3) is 0.261. The van der Waals surface area contributed by atoms with Gasteiger partial charge in [-0.25, -0.2) is 4.68 Å². The lowest BCUT2D eigenvalue weighted by atomic mass is 9.93. The third-order valence-corrected chi connectivity index (χ3v) is 4.85. The van der Waals surface area contributed by atoms with Crippen molar-refractivity contribution in [2.24, 2.45) is 5.92 Å². The third-order valence-electron chi connectivity index (χ3n) is 4.85. The smallest absolute Gasteiger partial charge is 0.182 e. The van der Waals surface area contributed by atoms with E-state index in [2.05, 4.69) is 78.5 Å². The molecule has 0 bridgehead atoms. The van der Waals surface area contributed by atoms with Gasteiger partial charge in [-0.05, 0) is 46.6 Å². The number of aryl methyl sites for hydroxylation is 1. The van der Waals surface area contributed by atoms with Crippen molar-refractivity contribution in [3.63, 3.8) is 0 Å². The lowest BCUT2D eigenvalue weighted by Gasteiger charge is -2.16. The zero-order valence-corrected chi connectivity index (χ0v) is 16.9. The molecule has 3 rings (SSSR count). The molecule has 28 heavy (non-hydrogen) atoms. The van der Waals surface area contributed by atoms with E-state index in [9.17, 15) is 0 Å². The highest BCUT2D eigenvalue weighted by Crippen LogP contribution is 2.30. The van der Waals surface area contributed by atoms with Crippen molar-refractivity contribution < 1.29 is 4.74 Å². The normalized spacial score (nSPS) is 18.3. The maximum Gasteiger partial charge on any atom is 0.182 e. The van der Waals surface area contributed by atoms with Gasteiger partial charge in [-0.3, -0.25) is 0 Å². The Kier molecular flexibility index (Phi) is 6.04. The monoisotopic (exact) mass is 374 g/mol. The van der Waals surface area contributed by atoms with Crippen molar-refractivity contribution >= 4 is 5.57 Å². The van der Waals surface area contributed by atoms with Crippen molar-refractivity contribution in [1.29, 1.82) is 0 Å². The highest BCUT2D eigenvalue weighted by atomic mass is 16.5. The first-order valence-electron chi connectivity index (χ1n) is 9.35. The van der Waals surface area contributed by atoms with E-state index >= 15 is 0 Å². The van der Waals surface area contributed by atoms with Crippen molar-refractivity contribution in [3.05, 3.63) is 83.7 Å². The molecule has 0 aliphatic heterocycles. The molecular formula is C23H26N4O. The molecule has 5 nitrogen and oxygen atoms in total. The second kappa shape index (κ2) is 8.65. The van der Waals surface area contributed by atoms with Crippen LogP contribution >= 0.6 is 0 Å². The SMILES string of the molecule is C=C/C(=C\C)c1cc(C)ccc1-c1nnnn1CC1=C/C(=C\OC)[C@@H](C)C=C1. The number of aromatic nitrogens is 4. The summed E-state index contributed by atoms with van der Waals surface area (Å²) in [5.41, 5.74) is 6.57. The Morgan fingerprint density at radius 2 is 2.18 bits per heavy atom. The number of benzene rings is 1. The van der Waals surface area contributed by atoms with Crippen LogP contribution in [0, 0.1) is 12.8 Å². The predicted octanol–water partition coefficient (Wildman–Crippen LogP) is 4.90. The molecule has 1 heterocycles. The van der Waals surface area contributed by atoms with Crippen LogP contribution in [0.1, 0.15) is 25.0 Å². The number of tetrazole rings is 1. The molecule has 1 aromatic carbocycles. The van der Waals surface area contributed by atoms with Gasteiger partial charge in [0.15, 0.2) is 5.82 Å². The predicted molar refractivity (Wildman–Crippen MR) is 113 cm³/mol. The number of ether oxygens (including phenoxy) is 1. The highest BCUT2D eigenvalue weighted by Gasteiger charge is 2.17. The summed E-state index contributed by atoms with van der Waals surface area (Å²) < 4.78 is 7.04. The summed E-state index contributed by atoms with van der Waals surface area (Å²) in [5.74, 6) is 1.06. The van der Waals surface area contributed by atoms with E-state index in [1.807, 2.05) is 17.7 Å². The molecular weight excluding hydrogens is 348 g/mol. The standard InChI is InChI=1S/C23H26N4O/c1-6-19(7-2)22-12-16(3)8-11-21(22)23-24-25-26-27(23)14-18-10-9-17(4)20(13-18)15-28-5/h6-13,15,17H,1,14H2,2-5H3/b19-7+,20-15+/t17-/m0/s1. The summed E-state index contributed by atoms with van der Waals surface area (Å²) in [7, 11) is 1.67. The molecule has 0 N–H and O–H groups in total. The van der Waals surface area contributed by atoms with E-state index in [-0.39, 0.29) is 0 Å². The Bertz CT molecular complexity index is 992. The quantitative estimate of drug-likeness (QED) is 0.533. The van der Waals surface area contributed by atoms with Crippen molar-refractivity contribution in [2.75, 3.05) is 7.11 Å². The topological polar surface area (TPSA) is 52.8 Å². The molecule has 1 aliphatic carbocycles. The zero-order chi connectivity index (χ0) is 20.1. The summed E-state index contributed by atoms with van der Waals surface area (Å²) >= 11 is 0. The number of hydrogen-bond acceptors (Lipinski definition) is 4. The van der Waals surface area contributed by atoms with Gasteiger partial charge in [0.25, 0.3) is 0 Å². The van der Waals surface area contributed by atoms with Gasteiger partial charge < -0.3 is 4.74 Å². The first-order chi connectivity index (χ1) is 13.6. The Labute approximate surface area is 166 Å². The number of rotatable bonds is 6. The molecule has 5 heteroatoms. The molecule has 1 aliphatic rings. The number of hydrogen-bond donors (Lipinski definition) is 0. The van der Waals surface area contributed by atoms with Crippen LogP contribution in [0.5, 0.6) is 0 Å². The second-order valence-corrected chi connectivity index (χ2v) is 6.88. The van der Waals surface area contributed by atoms with Crippen LogP contribution in [0.4, 0.5) is 0 Å². The minimum Gasteiger partial charge on any atom is -0.504 e. The number of methoxy groups -OCH3 is 1. The lowest BCUT2D eigenvalue weighted by Crippen LogP contribution is -2.09. The maximum absolute atomic E-state index is 5.20.